The Labute approximate surface area is 304 Å². The lowest BCUT2D eigenvalue weighted by Gasteiger charge is -2.16. The lowest BCUT2D eigenvalue weighted by Crippen LogP contribution is -2.00. The maximum atomic E-state index is 10.5. The van der Waals surface area contributed by atoms with Crippen molar-refractivity contribution in [2.24, 2.45) is 0 Å². The number of hydrogen-bond donors (Lipinski definition) is 0. The van der Waals surface area contributed by atoms with Crippen LogP contribution in [0.3, 0.4) is 0 Å². The number of benzene rings is 7. The molecule has 0 amide bonds. The minimum atomic E-state index is 0.633. The summed E-state index contributed by atoms with van der Waals surface area (Å²) in [5.41, 5.74) is 10.6. The highest BCUT2D eigenvalue weighted by Crippen LogP contribution is 2.42. The van der Waals surface area contributed by atoms with Gasteiger partial charge >= 0.3 is 0 Å². The molecule has 0 atom stereocenters. The predicted octanol–water partition coefficient (Wildman–Crippen LogP) is 12.5. The second-order valence-electron chi connectivity index (χ2n) is 12.9. The fourth-order valence-corrected chi connectivity index (χ4v) is 8.51. The predicted molar refractivity (Wildman–Crippen MR) is 216 cm³/mol. The van der Waals surface area contributed by atoms with Gasteiger partial charge in [0.05, 0.1) is 33.7 Å². The zero-order chi connectivity index (χ0) is 34.6. The van der Waals surface area contributed by atoms with Crippen molar-refractivity contribution < 1.29 is 0 Å². The third-order valence-electron chi connectivity index (χ3n) is 9.86. The van der Waals surface area contributed by atoms with Crippen molar-refractivity contribution in [3.05, 3.63) is 175 Å². The van der Waals surface area contributed by atoms with E-state index in [1.165, 1.54) is 30.9 Å². The van der Waals surface area contributed by atoms with Crippen LogP contribution < -0.4 is 0 Å². The first kappa shape index (κ1) is 30.0. The van der Waals surface area contributed by atoms with Crippen molar-refractivity contribution in [1.82, 2.24) is 14.5 Å². The standard InChI is InChI=1S/C47H28N4S/c48-29-34-16-11-19-35(46(34)51-42-20-9-7-17-36(42)37-18-8-10-21-43(37)51)32-22-24-44-38(26-32)39-27-33(23-25-45(39)52-44)41-28-40(30-12-3-1-4-13-30)49-47(50-41)31-14-5-2-6-15-31/h1-28H. The van der Waals surface area contributed by atoms with Crippen molar-refractivity contribution in [2.75, 3.05) is 0 Å². The summed E-state index contributed by atoms with van der Waals surface area (Å²) in [5.74, 6) is 0.699. The maximum Gasteiger partial charge on any atom is 0.160 e. The summed E-state index contributed by atoms with van der Waals surface area (Å²) >= 11 is 1.79. The molecule has 0 fully saturated rings. The van der Waals surface area contributed by atoms with Gasteiger partial charge in [-0.1, -0.05) is 121 Å². The second kappa shape index (κ2) is 12.2. The first-order valence-corrected chi connectivity index (χ1v) is 18.0. The molecule has 0 unspecified atom stereocenters. The van der Waals surface area contributed by atoms with E-state index < -0.39 is 0 Å². The number of para-hydroxylation sites is 3. The highest BCUT2D eigenvalue weighted by Gasteiger charge is 2.20. The van der Waals surface area contributed by atoms with Gasteiger partial charge < -0.3 is 4.57 Å². The average molecular weight is 681 g/mol. The summed E-state index contributed by atoms with van der Waals surface area (Å²) in [6, 6.07) is 61.3. The summed E-state index contributed by atoms with van der Waals surface area (Å²) in [6.07, 6.45) is 0. The molecule has 3 aromatic heterocycles. The topological polar surface area (TPSA) is 54.5 Å². The lowest BCUT2D eigenvalue weighted by atomic mass is 9.97. The van der Waals surface area contributed by atoms with Gasteiger partial charge in [-0.15, -0.1) is 11.3 Å². The highest BCUT2D eigenvalue weighted by molar-refractivity contribution is 7.25. The molecular weight excluding hydrogens is 653 g/mol. The Morgan fingerprint density at radius 3 is 1.67 bits per heavy atom. The molecule has 10 aromatic rings. The molecule has 242 valence electrons. The molecule has 5 heteroatoms. The Morgan fingerprint density at radius 1 is 0.462 bits per heavy atom. The smallest absolute Gasteiger partial charge is 0.160 e. The molecule has 0 saturated carbocycles. The Bertz CT molecular complexity index is 2910. The van der Waals surface area contributed by atoms with Crippen LogP contribution in [-0.2, 0) is 0 Å². The Hall–Kier alpha value is -6.87. The molecular formula is C47H28N4S. The van der Waals surface area contributed by atoms with Crippen molar-refractivity contribution >= 4 is 53.3 Å². The molecule has 4 nitrogen and oxygen atoms in total. The molecule has 0 spiro atoms. The normalized spacial score (nSPS) is 11.4. The van der Waals surface area contributed by atoms with Crippen LogP contribution in [0.2, 0.25) is 0 Å². The van der Waals surface area contributed by atoms with E-state index in [9.17, 15) is 5.26 Å². The van der Waals surface area contributed by atoms with Crippen molar-refractivity contribution in [2.45, 2.75) is 0 Å². The summed E-state index contributed by atoms with van der Waals surface area (Å²) in [4.78, 5) is 10.1. The fourth-order valence-electron chi connectivity index (χ4n) is 7.44. The summed E-state index contributed by atoms with van der Waals surface area (Å²) in [5, 5.41) is 15.1. The van der Waals surface area contributed by atoms with E-state index in [4.69, 9.17) is 9.97 Å². The number of aromatic nitrogens is 3. The van der Waals surface area contributed by atoms with E-state index in [0.717, 1.165) is 55.9 Å². The summed E-state index contributed by atoms with van der Waals surface area (Å²) in [6.45, 7) is 0. The molecule has 0 saturated heterocycles. The van der Waals surface area contributed by atoms with E-state index in [1.807, 2.05) is 48.5 Å². The number of fused-ring (bicyclic) bond motifs is 6. The first-order valence-electron chi connectivity index (χ1n) is 17.2. The molecule has 7 aromatic carbocycles. The Balaban J connectivity index is 1.17. The van der Waals surface area contributed by atoms with Crippen LogP contribution in [-0.4, -0.2) is 14.5 Å². The average Bonchev–Trinajstić information content (AvgIpc) is 3.76. The van der Waals surface area contributed by atoms with Gasteiger partial charge in [-0.05, 0) is 54.1 Å². The lowest BCUT2D eigenvalue weighted by molar-refractivity contribution is 1.17. The molecule has 0 aliphatic carbocycles. The van der Waals surface area contributed by atoms with Gasteiger partial charge in [0.2, 0.25) is 0 Å². The molecule has 10 rings (SSSR count). The SMILES string of the molecule is N#Cc1cccc(-c2ccc3sc4ccc(-c5cc(-c6ccccc6)nc(-c6ccccc6)n5)cc4c3c2)c1-n1c2ccccc2c2ccccc21. The van der Waals surface area contributed by atoms with Crippen molar-refractivity contribution in [1.29, 1.82) is 5.26 Å². The Kier molecular flexibility index (Phi) is 7.02. The minimum Gasteiger partial charge on any atom is -0.307 e. The van der Waals surface area contributed by atoms with Gasteiger partial charge in [0.15, 0.2) is 5.82 Å². The van der Waals surface area contributed by atoms with Crippen LogP contribution in [0.25, 0.3) is 92.7 Å². The largest absolute Gasteiger partial charge is 0.307 e. The third kappa shape index (κ3) is 4.89. The number of nitrogens with zero attached hydrogens (tertiary/aromatic N) is 4. The quantitative estimate of drug-likeness (QED) is 0.182. The number of nitriles is 1. The third-order valence-corrected chi connectivity index (χ3v) is 11.0. The van der Waals surface area contributed by atoms with Crippen LogP contribution >= 0.6 is 11.3 Å². The van der Waals surface area contributed by atoms with Gasteiger partial charge in [-0.3, -0.25) is 0 Å². The van der Waals surface area contributed by atoms with Crippen LogP contribution in [0.15, 0.2) is 170 Å². The van der Waals surface area contributed by atoms with Crippen LogP contribution in [0.4, 0.5) is 0 Å². The Morgan fingerprint density at radius 2 is 1.02 bits per heavy atom. The van der Waals surface area contributed by atoms with E-state index in [0.29, 0.717) is 11.4 Å². The van der Waals surface area contributed by atoms with Crippen molar-refractivity contribution in [3.63, 3.8) is 0 Å². The van der Waals surface area contributed by atoms with Gasteiger partial charge in [0.1, 0.15) is 6.07 Å². The zero-order valence-electron chi connectivity index (χ0n) is 27.9. The summed E-state index contributed by atoms with van der Waals surface area (Å²) < 4.78 is 4.68. The van der Waals surface area contributed by atoms with Gasteiger partial charge in [-0.25, -0.2) is 9.97 Å². The van der Waals surface area contributed by atoms with Gasteiger partial charge in [0, 0.05) is 53.2 Å². The van der Waals surface area contributed by atoms with Crippen LogP contribution in [0.5, 0.6) is 0 Å². The molecule has 52 heavy (non-hydrogen) atoms. The zero-order valence-corrected chi connectivity index (χ0v) is 28.7. The molecule has 3 heterocycles. The fraction of sp³-hybridized carbons (Fsp3) is 0. The second-order valence-corrected chi connectivity index (χ2v) is 14.0. The summed E-state index contributed by atoms with van der Waals surface area (Å²) in [7, 11) is 0. The van der Waals surface area contributed by atoms with Gasteiger partial charge in [-0.2, -0.15) is 5.26 Å². The molecule has 0 N–H and O–H groups in total. The van der Waals surface area contributed by atoms with E-state index in [2.05, 4.69) is 132 Å². The van der Waals surface area contributed by atoms with Gasteiger partial charge in [0.25, 0.3) is 0 Å². The van der Waals surface area contributed by atoms with E-state index in [-0.39, 0.29) is 0 Å². The molecule has 0 aliphatic rings. The number of rotatable bonds is 5. The maximum absolute atomic E-state index is 10.5. The molecule has 0 aliphatic heterocycles. The molecule has 0 bridgehead atoms. The first-order chi connectivity index (χ1) is 25.7. The number of hydrogen-bond acceptors (Lipinski definition) is 4. The highest BCUT2D eigenvalue weighted by atomic mass is 32.1. The minimum absolute atomic E-state index is 0.633. The van der Waals surface area contributed by atoms with E-state index in [1.54, 1.807) is 11.3 Å². The van der Waals surface area contributed by atoms with Crippen LogP contribution in [0, 0.1) is 11.3 Å². The number of thiophene rings is 1. The monoisotopic (exact) mass is 680 g/mol. The van der Waals surface area contributed by atoms with E-state index >= 15 is 0 Å². The molecule has 0 radical (unpaired) electrons. The van der Waals surface area contributed by atoms with Crippen LogP contribution in [0.1, 0.15) is 5.56 Å². The van der Waals surface area contributed by atoms with Crippen molar-refractivity contribution in [3.8, 4) is 56.8 Å².